The van der Waals surface area contributed by atoms with E-state index >= 15 is 0 Å². The molecule has 0 aromatic heterocycles. The number of hydrogen-bond donors (Lipinski definition) is 0. The first kappa shape index (κ1) is 13.4. The largest absolute Gasteiger partial charge is 0.493 e. The lowest BCUT2D eigenvalue weighted by molar-refractivity contribution is 0.172. The molecule has 0 atom stereocenters. The first-order valence-electron chi connectivity index (χ1n) is 6.04. The highest BCUT2D eigenvalue weighted by Crippen LogP contribution is 2.27. The van der Waals surface area contributed by atoms with Gasteiger partial charge in [0.05, 0.1) is 6.61 Å². The summed E-state index contributed by atoms with van der Waals surface area (Å²) in [6.07, 6.45) is 0.910. The van der Waals surface area contributed by atoms with Crippen LogP contribution >= 0.6 is 15.9 Å². The van der Waals surface area contributed by atoms with E-state index in [2.05, 4.69) is 52.3 Å². The van der Waals surface area contributed by atoms with Gasteiger partial charge >= 0.3 is 0 Å². The van der Waals surface area contributed by atoms with E-state index in [9.17, 15) is 0 Å². The molecule has 0 fully saturated rings. The summed E-state index contributed by atoms with van der Waals surface area (Å²) >= 11 is 3.53. The third-order valence-corrected chi connectivity index (χ3v) is 3.43. The van der Waals surface area contributed by atoms with Gasteiger partial charge in [0.1, 0.15) is 5.75 Å². The molecular formula is C15H17BrO2. The van der Waals surface area contributed by atoms with Gasteiger partial charge in [-0.15, -0.1) is 0 Å². The van der Waals surface area contributed by atoms with Crippen LogP contribution in [0.1, 0.15) is 12.0 Å². The van der Waals surface area contributed by atoms with Crippen LogP contribution in [-0.4, -0.2) is 20.3 Å². The van der Waals surface area contributed by atoms with Crippen molar-refractivity contribution in [3.05, 3.63) is 42.0 Å². The number of fused-ring (bicyclic) bond motifs is 1. The maximum atomic E-state index is 5.76. The second-order valence-electron chi connectivity index (χ2n) is 4.13. The monoisotopic (exact) mass is 308 g/mol. The summed E-state index contributed by atoms with van der Waals surface area (Å²) < 4.78 is 10.8. The van der Waals surface area contributed by atoms with Gasteiger partial charge in [0, 0.05) is 25.5 Å². The van der Waals surface area contributed by atoms with E-state index < -0.39 is 0 Å². The molecule has 2 aromatic carbocycles. The maximum absolute atomic E-state index is 5.76. The molecule has 0 N–H and O–H groups in total. The quantitative estimate of drug-likeness (QED) is 0.589. The highest BCUT2D eigenvalue weighted by atomic mass is 79.9. The Labute approximate surface area is 116 Å². The highest BCUT2D eigenvalue weighted by Gasteiger charge is 2.03. The summed E-state index contributed by atoms with van der Waals surface area (Å²) in [5.41, 5.74) is 1.26. The molecule has 0 radical (unpaired) electrons. The lowest BCUT2D eigenvalue weighted by Crippen LogP contribution is -2.01. The molecule has 0 aliphatic rings. The second-order valence-corrected chi connectivity index (χ2v) is 4.69. The Morgan fingerprint density at radius 2 is 1.94 bits per heavy atom. The summed E-state index contributed by atoms with van der Waals surface area (Å²) in [5.74, 6) is 0.930. The Morgan fingerprint density at radius 1 is 1.11 bits per heavy atom. The normalized spacial score (nSPS) is 10.8. The molecule has 0 spiro atoms. The van der Waals surface area contributed by atoms with Crippen molar-refractivity contribution in [3.63, 3.8) is 0 Å². The average Bonchev–Trinajstić information content (AvgIpc) is 2.42. The number of methoxy groups -OCH3 is 1. The van der Waals surface area contributed by atoms with Crippen molar-refractivity contribution in [2.45, 2.75) is 11.8 Å². The molecule has 2 rings (SSSR count). The molecular weight excluding hydrogens is 292 g/mol. The fraction of sp³-hybridized carbons (Fsp3) is 0.333. The molecule has 2 aromatic rings. The van der Waals surface area contributed by atoms with Crippen LogP contribution in [0.15, 0.2) is 36.4 Å². The second kappa shape index (κ2) is 6.76. The lowest BCUT2D eigenvalue weighted by atomic mass is 10.1. The summed E-state index contributed by atoms with van der Waals surface area (Å²) in [6.45, 7) is 1.42. The fourth-order valence-electron chi connectivity index (χ4n) is 1.95. The molecule has 0 heterocycles. The molecule has 2 nitrogen and oxygen atoms in total. The lowest BCUT2D eigenvalue weighted by Gasteiger charge is -2.10. The van der Waals surface area contributed by atoms with Crippen LogP contribution in [0.5, 0.6) is 5.75 Å². The van der Waals surface area contributed by atoms with Crippen LogP contribution in [0.4, 0.5) is 0 Å². The van der Waals surface area contributed by atoms with Crippen molar-refractivity contribution in [2.75, 3.05) is 20.3 Å². The van der Waals surface area contributed by atoms with Crippen molar-refractivity contribution in [1.29, 1.82) is 0 Å². The van der Waals surface area contributed by atoms with Crippen molar-refractivity contribution in [2.24, 2.45) is 0 Å². The van der Waals surface area contributed by atoms with Crippen LogP contribution in [0.25, 0.3) is 10.8 Å². The van der Waals surface area contributed by atoms with E-state index in [0.717, 1.165) is 24.1 Å². The molecule has 0 saturated heterocycles. The molecule has 0 aliphatic heterocycles. The van der Waals surface area contributed by atoms with E-state index in [1.165, 1.54) is 16.3 Å². The van der Waals surface area contributed by atoms with E-state index in [-0.39, 0.29) is 0 Å². The van der Waals surface area contributed by atoms with Crippen molar-refractivity contribution in [3.8, 4) is 5.75 Å². The van der Waals surface area contributed by atoms with Crippen LogP contribution in [-0.2, 0) is 10.1 Å². The predicted molar refractivity (Wildman–Crippen MR) is 78.6 cm³/mol. The highest BCUT2D eigenvalue weighted by molar-refractivity contribution is 9.08. The Morgan fingerprint density at radius 3 is 2.72 bits per heavy atom. The summed E-state index contributed by atoms with van der Waals surface area (Å²) in [7, 11) is 1.71. The van der Waals surface area contributed by atoms with Gasteiger partial charge in [-0.3, -0.25) is 0 Å². The number of ether oxygens (including phenoxy) is 2. The smallest absolute Gasteiger partial charge is 0.120 e. The first-order valence-corrected chi connectivity index (χ1v) is 7.16. The third-order valence-electron chi connectivity index (χ3n) is 2.83. The molecule has 0 saturated carbocycles. The van der Waals surface area contributed by atoms with E-state index in [1.807, 2.05) is 0 Å². The third kappa shape index (κ3) is 3.24. The van der Waals surface area contributed by atoms with Gasteiger partial charge in [-0.05, 0) is 28.5 Å². The summed E-state index contributed by atoms with van der Waals surface area (Å²) in [4.78, 5) is 0. The molecule has 0 aliphatic carbocycles. The molecule has 0 unspecified atom stereocenters. The summed E-state index contributed by atoms with van der Waals surface area (Å²) in [6, 6.07) is 12.6. The summed E-state index contributed by atoms with van der Waals surface area (Å²) in [5, 5.41) is 3.33. The van der Waals surface area contributed by atoms with Gasteiger partial charge < -0.3 is 9.47 Å². The van der Waals surface area contributed by atoms with Gasteiger partial charge in [0.2, 0.25) is 0 Å². The number of hydrogen-bond acceptors (Lipinski definition) is 2. The van der Waals surface area contributed by atoms with Gasteiger partial charge in [-0.25, -0.2) is 0 Å². The topological polar surface area (TPSA) is 18.5 Å². The van der Waals surface area contributed by atoms with Gasteiger partial charge in [0.25, 0.3) is 0 Å². The van der Waals surface area contributed by atoms with Gasteiger partial charge in [-0.1, -0.05) is 40.2 Å². The van der Waals surface area contributed by atoms with E-state index in [0.29, 0.717) is 6.61 Å². The molecule has 96 valence electrons. The number of rotatable bonds is 6. The first-order chi connectivity index (χ1) is 8.85. The number of alkyl halides is 1. The SMILES string of the molecule is COCCCOc1cc(CBr)c2ccccc2c1. The van der Waals surface area contributed by atoms with Crippen LogP contribution < -0.4 is 4.74 Å². The molecule has 3 heteroatoms. The molecule has 18 heavy (non-hydrogen) atoms. The van der Waals surface area contributed by atoms with Crippen molar-refractivity contribution in [1.82, 2.24) is 0 Å². The Balaban J connectivity index is 2.18. The van der Waals surface area contributed by atoms with E-state index in [1.54, 1.807) is 7.11 Å². The van der Waals surface area contributed by atoms with E-state index in [4.69, 9.17) is 9.47 Å². The standard InChI is InChI=1S/C15H17BrO2/c1-17-7-4-8-18-14-9-12-5-2-3-6-15(12)13(10-14)11-16/h2-3,5-6,9-10H,4,7-8,11H2,1H3. The Hall–Kier alpha value is -1.06. The fourth-order valence-corrected chi connectivity index (χ4v) is 2.41. The van der Waals surface area contributed by atoms with Gasteiger partial charge in [0.15, 0.2) is 0 Å². The number of benzene rings is 2. The zero-order chi connectivity index (χ0) is 12.8. The minimum atomic E-state index is 0.688. The predicted octanol–water partition coefficient (Wildman–Crippen LogP) is 4.15. The minimum Gasteiger partial charge on any atom is -0.493 e. The maximum Gasteiger partial charge on any atom is 0.120 e. The zero-order valence-corrected chi connectivity index (χ0v) is 12.1. The van der Waals surface area contributed by atoms with Crippen LogP contribution in [0.2, 0.25) is 0 Å². The Bertz CT molecular complexity index is 511. The van der Waals surface area contributed by atoms with Crippen molar-refractivity contribution >= 4 is 26.7 Å². The average molecular weight is 309 g/mol. The molecule has 0 amide bonds. The van der Waals surface area contributed by atoms with Crippen LogP contribution in [0.3, 0.4) is 0 Å². The molecule has 0 bridgehead atoms. The zero-order valence-electron chi connectivity index (χ0n) is 10.5. The van der Waals surface area contributed by atoms with Crippen LogP contribution in [0, 0.1) is 0 Å². The van der Waals surface area contributed by atoms with Gasteiger partial charge in [-0.2, -0.15) is 0 Å². The Kier molecular flexibility index (Phi) is 5.02. The van der Waals surface area contributed by atoms with Crippen molar-refractivity contribution < 1.29 is 9.47 Å². The minimum absolute atomic E-state index is 0.688. The number of halogens is 1.